The lowest BCUT2D eigenvalue weighted by Gasteiger charge is -2.13. The molecule has 0 radical (unpaired) electrons. The molecule has 2 rings (SSSR count). The summed E-state index contributed by atoms with van der Waals surface area (Å²) in [5.74, 6) is -0.323. The van der Waals surface area contributed by atoms with Gasteiger partial charge in [-0.3, -0.25) is 4.98 Å². The van der Waals surface area contributed by atoms with Gasteiger partial charge in [0.2, 0.25) is 0 Å². The second kappa shape index (κ2) is 5.06. The predicted octanol–water partition coefficient (Wildman–Crippen LogP) is 2.81. The molecule has 2 nitrogen and oxygen atoms in total. The van der Waals surface area contributed by atoms with E-state index in [2.05, 4.69) is 4.98 Å². The highest BCUT2D eigenvalue weighted by molar-refractivity contribution is 5.29. The zero-order valence-corrected chi connectivity index (χ0v) is 9.60. The number of aliphatic hydroxyl groups excluding tert-OH is 1. The van der Waals surface area contributed by atoms with Crippen molar-refractivity contribution in [1.29, 1.82) is 0 Å². The summed E-state index contributed by atoms with van der Waals surface area (Å²) in [5, 5.41) is 10.1. The monoisotopic (exact) mass is 231 g/mol. The lowest BCUT2D eigenvalue weighted by Crippen LogP contribution is -2.04. The first-order chi connectivity index (χ1) is 8.16. The maximum absolute atomic E-state index is 13.1. The molecule has 1 aromatic heterocycles. The molecule has 0 saturated carbocycles. The topological polar surface area (TPSA) is 33.1 Å². The van der Waals surface area contributed by atoms with E-state index < -0.39 is 6.10 Å². The number of aryl methyl sites for hydroxylation is 1. The predicted molar refractivity (Wildman–Crippen MR) is 64.0 cm³/mol. The van der Waals surface area contributed by atoms with E-state index in [0.717, 1.165) is 11.1 Å². The molecule has 1 aromatic carbocycles. The van der Waals surface area contributed by atoms with Crippen molar-refractivity contribution >= 4 is 0 Å². The maximum Gasteiger partial charge on any atom is 0.123 e. The lowest BCUT2D eigenvalue weighted by atomic mass is 9.98. The van der Waals surface area contributed by atoms with Crippen molar-refractivity contribution < 1.29 is 9.50 Å². The molecule has 3 heteroatoms. The van der Waals surface area contributed by atoms with Crippen molar-refractivity contribution in [1.82, 2.24) is 4.98 Å². The highest BCUT2D eigenvalue weighted by Crippen LogP contribution is 2.22. The van der Waals surface area contributed by atoms with Gasteiger partial charge in [0.05, 0.1) is 6.10 Å². The molecule has 0 amide bonds. The first-order valence-corrected chi connectivity index (χ1v) is 5.50. The van der Waals surface area contributed by atoms with Crippen LogP contribution >= 0.6 is 0 Å². The van der Waals surface area contributed by atoms with Crippen LogP contribution in [0.4, 0.5) is 4.39 Å². The molecule has 1 N–H and O–H groups in total. The van der Waals surface area contributed by atoms with Crippen molar-refractivity contribution in [3.05, 3.63) is 65.2 Å². The number of hydrogen-bond acceptors (Lipinski definition) is 2. The molecular weight excluding hydrogens is 217 g/mol. The van der Waals surface area contributed by atoms with Crippen LogP contribution in [0.25, 0.3) is 0 Å². The SMILES string of the molecule is Cc1ccc(F)cc1C(O)Cc1cccnc1. The van der Waals surface area contributed by atoms with E-state index in [4.69, 9.17) is 0 Å². The number of hydrogen-bond donors (Lipinski definition) is 1. The van der Waals surface area contributed by atoms with Crippen LogP contribution in [0, 0.1) is 12.7 Å². The summed E-state index contributed by atoms with van der Waals surface area (Å²) >= 11 is 0. The molecular formula is C14H14FNO. The van der Waals surface area contributed by atoms with E-state index in [1.165, 1.54) is 12.1 Å². The Kier molecular flexibility index (Phi) is 3.49. The van der Waals surface area contributed by atoms with Gasteiger partial charge in [-0.1, -0.05) is 12.1 Å². The summed E-state index contributed by atoms with van der Waals surface area (Å²) in [7, 11) is 0. The first-order valence-electron chi connectivity index (χ1n) is 5.50. The van der Waals surface area contributed by atoms with E-state index in [9.17, 15) is 9.50 Å². The minimum atomic E-state index is -0.699. The van der Waals surface area contributed by atoms with Crippen LogP contribution in [0.1, 0.15) is 22.8 Å². The number of benzene rings is 1. The molecule has 17 heavy (non-hydrogen) atoms. The number of halogens is 1. The summed E-state index contributed by atoms with van der Waals surface area (Å²) in [6.07, 6.45) is 3.13. The van der Waals surface area contributed by atoms with Crippen molar-refractivity contribution in [2.75, 3.05) is 0 Å². The van der Waals surface area contributed by atoms with Gasteiger partial charge in [-0.25, -0.2) is 4.39 Å². The second-order valence-electron chi connectivity index (χ2n) is 4.08. The Morgan fingerprint density at radius 1 is 1.35 bits per heavy atom. The Balaban J connectivity index is 2.20. The van der Waals surface area contributed by atoms with Crippen LogP contribution in [-0.4, -0.2) is 10.1 Å². The third kappa shape index (κ3) is 2.88. The largest absolute Gasteiger partial charge is 0.388 e. The number of aliphatic hydroxyl groups is 1. The quantitative estimate of drug-likeness (QED) is 0.881. The van der Waals surface area contributed by atoms with Gasteiger partial charge in [-0.2, -0.15) is 0 Å². The van der Waals surface area contributed by atoms with Crippen LogP contribution in [-0.2, 0) is 6.42 Å². The summed E-state index contributed by atoms with van der Waals surface area (Å²) in [6, 6.07) is 8.18. The van der Waals surface area contributed by atoms with Crippen molar-refractivity contribution in [3.63, 3.8) is 0 Å². The number of nitrogens with zero attached hydrogens (tertiary/aromatic N) is 1. The molecule has 0 fully saturated rings. The van der Waals surface area contributed by atoms with Crippen molar-refractivity contribution in [2.24, 2.45) is 0 Å². The highest BCUT2D eigenvalue weighted by atomic mass is 19.1. The van der Waals surface area contributed by atoms with Gasteiger partial charge < -0.3 is 5.11 Å². The maximum atomic E-state index is 13.1. The minimum Gasteiger partial charge on any atom is -0.388 e. The van der Waals surface area contributed by atoms with E-state index >= 15 is 0 Å². The third-order valence-electron chi connectivity index (χ3n) is 2.75. The molecule has 2 aromatic rings. The number of aromatic nitrogens is 1. The fourth-order valence-electron chi connectivity index (χ4n) is 1.82. The molecule has 1 atom stereocenters. The number of rotatable bonds is 3. The first kappa shape index (κ1) is 11.7. The summed E-state index contributed by atoms with van der Waals surface area (Å²) < 4.78 is 13.1. The van der Waals surface area contributed by atoms with Crippen molar-refractivity contribution in [3.8, 4) is 0 Å². The Morgan fingerprint density at radius 3 is 2.88 bits per heavy atom. The molecule has 0 aliphatic rings. The normalized spacial score (nSPS) is 12.4. The molecule has 1 unspecified atom stereocenters. The zero-order valence-electron chi connectivity index (χ0n) is 9.60. The van der Waals surface area contributed by atoms with Crippen LogP contribution in [0.5, 0.6) is 0 Å². The number of pyridine rings is 1. The minimum absolute atomic E-state index is 0.323. The van der Waals surface area contributed by atoms with Gasteiger partial charge >= 0.3 is 0 Å². The van der Waals surface area contributed by atoms with Crippen LogP contribution in [0.15, 0.2) is 42.7 Å². The van der Waals surface area contributed by atoms with E-state index in [-0.39, 0.29) is 5.82 Å². The third-order valence-corrected chi connectivity index (χ3v) is 2.75. The molecule has 0 aliphatic carbocycles. The Labute approximate surface area is 99.8 Å². The van der Waals surface area contributed by atoms with E-state index in [1.807, 2.05) is 19.1 Å². The van der Waals surface area contributed by atoms with Crippen LogP contribution in [0.2, 0.25) is 0 Å². The summed E-state index contributed by atoms with van der Waals surface area (Å²) in [6.45, 7) is 1.86. The summed E-state index contributed by atoms with van der Waals surface area (Å²) in [5.41, 5.74) is 2.46. The van der Waals surface area contributed by atoms with Gasteiger partial charge in [-0.15, -0.1) is 0 Å². The van der Waals surface area contributed by atoms with Gasteiger partial charge in [0.25, 0.3) is 0 Å². The highest BCUT2D eigenvalue weighted by Gasteiger charge is 2.12. The summed E-state index contributed by atoms with van der Waals surface area (Å²) in [4.78, 5) is 3.99. The molecule has 88 valence electrons. The Morgan fingerprint density at radius 2 is 2.18 bits per heavy atom. The Hall–Kier alpha value is -1.74. The molecule has 0 saturated heterocycles. The van der Waals surface area contributed by atoms with Gasteiger partial charge in [0.15, 0.2) is 0 Å². The average Bonchev–Trinajstić information content (AvgIpc) is 2.33. The standard InChI is InChI=1S/C14H14FNO/c1-10-4-5-12(15)8-13(10)14(17)7-11-3-2-6-16-9-11/h2-6,8-9,14,17H,7H2,1H3. The molecule has 1 heterocycles. The van der Waals surface area contributed by atoms with Gasteiger partial charge in [0, 0.05) is 18.8 Å². The Bertz CT molecular complexity index is 499. The molecule has 0 spiro atoms. The zero-order chi connectivity index (χ0) is 12.3. The average molecular weight is 231 g/mol. The van der Waals surface area contributed by atoms with Crippen LogP contribution in [0.3, 0.4) is 0 Å². The molecule has 0 aliphatic heterocycles. The smallest absolute Gasteiger partial charge is 0.123 e. The van der Waals surface area contributed by atoms with Crippen LogP contribution < -0.4 is 0 Å². The molecule has 0 bridgehead atoms. The fourth-order valence-corrected chi connectivity index (χ4v) is 1.82. The second-order valence-corrected chi connectivity index (χ2v) is 4.08. The van der Waals surface area contributed by atoms with Crippen molar-refractivity contribution in [2.45, 2.75) is 19.4 Å². The van der Waals surface area contributed by atoms with E-state index in [1.54, 1.807) is 18.5 Å². The lowest BCUT2D eigenvalue weighted by molar-refractivity contribution is 0.177. The van der Waals surface area contributed by atoms with E-state index in [0.29, 0.717) is 12.0 Å². The van der Waals surface area contributed by atoms with Gasteiger partial charge in [-0.05, 0) is 41.8 Å². The van der Waals surface area contributed by atoms with Gasteiger partial charge in [0.1, 0.15) is 5.82 Å². The fraction of sp³-hybridized carbons (Fsp3) is 0.214.